The van der Waals surface area contributed by atoms with Crippen molar-refractivity contribution in [2.75, 3.05) is 36.4 Å². The summed E-state index contributed by atoms with van der Waals surface area (Å²) in [4.78, 5) is 17.1. The van der Waals surface area contributed by atoms with Gasteiger partial charge in [0, 0.05) is 49.7 Å². The number of anilines is 2. The normalized spacial score (nSPS) is 18.6. The molecule has 0 radical (unpaired) electrons. The van der Waals surface area contributed by atoms with Crippen LogP contribution in [-0.4, -0.2) is 51.2 Å². The zero-order chi connectivity index (χ0) is 22.0. The van der Waals surface area contributed by atoms with E-state index in [9.17, 15) is 13.2 Å². The molecule has 0 bridgehead atoms. The molecule has 2 aliphatic heterocycles. The SMILES string of the molecule is C[C@H](CC(=O)N1CCN(c2cccc(Cl)c2)CC1)CC1=NS(=O)(=O)c2ccccc2N1. The maximum atomic E-state index is 12.8. The summed E-state index contributed by atoms with van der Waals surface area (Å²) in [5.74, 6) is 0.424. The van der Waals surface area contributed by atoms with Crippen LogP contribution in [0.25, 0.3) is 0 Å². The predicted octanol–water partition coefficient (Wildman–Crippen LogP) is 3.62. The van der Waals surface area contributed by atoms with Crippen LogP contribution in [0.4, 0.5) is 11.4 Å². The Kier molecular flexibility index (Phi) is 6.20. The van der Waals surface area contributed by atoms with Crippen LogP contribution >= 0.6 is 11.6 Å². The summed E-state index contributed by atoms with van der Waals surface area (Å²) >= 11 is 6.08. The molecule has 1 saturated heterocycles. The van der Waals surface area contributed by atoms with E-state index >= 15 is 0 Å². The van der Waals surface area contributed by atoms with Gasteiger partial charge in [0.1, 0.15) is 10.7 Å². The number of nitrogens with one attached hydrogen (secondary N) is 1. The molecule has 2 aromatic rings. The molecule has 2 heterocycles. The minimum Gasteiger partial charge on any atom is -0.368 e. The van der Waals surface area contributed by atoms with Gasteiger partial charge >= 0.3 is 0 Å². The van der Waals surface area contributed by atoms with Crippen LogP contribution in [0, 0.1) is 5.92 Å². The van der Waals surface area contributed by atoms with Crippen LogP contribution in [-0.2, 0) is 14.8 Å². The van der Waals surface area contributed by atoms with E-state index in [1.54, 1.807) is 18.2 Å². The minimum absolute atomic E-state index is 0.0369. The average Bonchev–Trinajstić information content (AvgIpc) is 2.73. The standard InChI is InChI=1S/C22H25ClN4O3S/c1-16(13-21-24-19-7-2-3-8-20(19)31(29,30)25-21)14-22(28)27-11-9-26(10-12-27)18-6-4-5-17(23)15-18/h2-8,15-16H,9-14H2,1H3,(H,24,25)/t16-/m0/s1. The van der Waals surface area contributed by atoms with Gasteiger partial charge in [-0.2, -0.15) is 8.42 Å². The Hall–Kier alpha value is -2.58. The lowest BCUT2D eigenvalue weighted by atomic mass is 10.0. The molecule has 9 heteroatoms. The maximum absolute atomic E-state index is 12.8. The van der Waals surface area contributed by atoms with Gasteiger partial charge in [0.25, 0.3) is 10.0 Å². The second-order valence-corrected chi connectivity index (χ2v) is 10.0. The summed E-state index contributed by atoms with van der Waals surface area (Å²) in [7, 11) is -3.71. The molecule has 0 aromatic heterocycles. The number of carbonyl (C=O) groups is 1. The van der Waals surface area contributed by atoms with Gasteiger partial charge in [0.15, 0.2) is 0 Å². The van der Waals surface area contributed by atoms with Crippen molar-refractivity contribution in [2.24, 2.45) is 10.3 Å². The first-order valence-electron chi connectivity index (χ1n) is 10.3. The molecular weight excluding hydrogens is 436 g/mol. The number of sulfonamides is 1. The summed E-state index contributed by atoms with van der Waals surface area (Å²) in [6.45, 7) is 4.75. The lowest BCUT2D eigenvalue weighted by Gasteiger charge is -2.36. The highest BCUT2D eigenvalue weighted by Gasteiger charge is 2.27. The fraction of sp³-hybridized carbons (Fsp3) is 0.364. The van der Waals surface area contributed by atoms with Gasteiger partial charge in [0.2, 0.25) is 5.91 Å². The fourth-order valence-corrected chi connectivity index (χ4v) is 5.31. The average molecular weight is 461 g/mol. The first-order valence-corrected chi connectivity index (χ1v) is 12.1. The summed E-state index contributed by atoms with van der Waals surface area (Å²) in [5.41, 5.74) is 1.60. The summed E-state index contributed by atoms with van der Waals surface area (Å²) in [6.07, 6.45) is 0.737. The Morgan fingerprint density at radius 2 is 1.87 bits per heavy atom. The van der Waals surface area contributed by atoms with E-state index in [1.165, 1.54) is 6.07 Å². The number of hydrogen-bond donors (Lipinski definition) is 1. The van der Waals surface area contributed by atoms with E-state index in [1.807, 2.05) is 36.1 Å². The Labute approximate surface area is 187 Å². The van der Waals surface area contributed by atoms with Crippen molar-refractivity contribution in [1.82, 2.24) is 4.90 Å². The van der Waals surface area contributed by atoms with E-state index in [2.05, 4.69) is 14.6 Å². The highest BCUT2D eigenvalue weighted by Crippen LogP contribution is 2.28. The molecule has 7 nitrogen and oxygen atoms in total. The number of para-hydroxylation sites is 1. The molecular formula is C22H25ClN4O3S. The second-order valence-electron chi connectivity index (χ2n) is 8.00. The van der Waals surface area contributed by atoms with E-state index in [0.717, 1.165) is 18.8 Å². The molecule has 0 aliphatic carbocycles. The Balaban J connectivity index is 1.31. The first kappa shape index (κ1) is 21.6. The van der Waals surface area contributed by atoms with Crippen LogP contribution in [0.2, 0.25) is 5.02 Å². The van der Waals surface area contributed by atoms with Gasteiger partial charge in [-0.25, -0.2) is 0 Å². The molecule has 1 N–H and O–H groups in total. The van der Waals surface area contributed by atoms with E-state index in [0.29, 0.717) is 42.5 Å². The topological polar surface area (TPSA) is 82.1 Å². The predicted molar refractivity (Wildman–Crippen MR) is 123 cm³/mol. The maximum Gasteiger partial charge on any atom is 0.286 e. The van der Waals surface area contributed by atoms with Crippen molar-refractivity contribution in [1.29, 1.82) is 0 Å². The summed E-state index contributed by atoms with van der Waals surface area (Å²) in [6, 6.07) is 14.4. The number of amides is 1. The second kappa shape index (κ2) is 8.88. The van der Waals surface area contributed by atoms with E-state index in [4.69, 9.17) is 11.6 Å². The number of halogens is 1. The smallest absolute Gasteiger partial charge is 0.286 e. The Morgan fingerprint density at radius 3 is 2.61 bits per heavy atom. The molecule has 1 amide bonds. The molecule has 0 unspecified atom stereocenters. The van der Waals surface area contributed by atoms with Crippen molar-refractivity contribution in [3.05, 3.63) is 53.6 Å². The zero-order valence-corrected chi connectivity index (χ0v) is 18.9. The van der Waals surface area contributed by atoms with Crippen LogP contribution < -0.4 is 10.2 Å². The number of nitrogens with zero attached hydrogens (tertiary/aromatic N) is 3. The monoisotopic (exact) mass is 460 g/mol. The van der Waals surface area contributed by atoms with Crippen LogP contribution in [0.3, 0.4) is 0 Å². The number of rotatable bonds is 5. The number of amidine groups is 1. The third-order valence-electron chi connectivity index (χ3n) is 5.54. The molecule has 2 aromatic carbocycles. The molecule has 0 saturated carbocycles. The van der Waals surface area contributed by atoms with Crippen LogP contribution in [0.5, 0.6) is 0 Å². The lowest BCUT2D eigenvalue weighted by molar-refractivity contribution is -0.132. The van der Waals surface area contributed by atoms with Gasteiger partial charge in [-0.15, -0.1) is 4.40 Å². The molecule has 1 atom stereocenters. The van der Waals surface area contributed by atoms with Crippen molar-refractivity contribution < 1.29 is 13.2 Å². The number of piperazine rings is 1. The van der Waals surface area contributed by atoms with Gasteiger partial charge in [-0.3, -0.25) is 4.79 Å². The van der Waals surface area contributed by atoms with E-state index in [-0.39, 0.29) is 16.7 Å². The third kappa shape index (κ3) is 5.02. The van der Waals surface area contributed by atoms with Crippen molar-refractivity contribution in [2.45, 2.75) is 24.7 Å². The summed E-state index contributed by atoms with van der Waals surface area (Å²) < 4.78 is 28.7. The molecule has 0 spiro atoms. The van der Waals surface area contributed by atoms with Crippen molar-refractivity contribution in [3.63, 3.8) is 0 Å². The number of benzene rings is 2. The molecule has 1 fully saturated rings. The van der Waals surface area contributed by atoms with Crippen LogP contribution in [0.15, 0.2) is 57.8 Å². The van der Waals surface area contributed by atoms with Crippen molar-refractivity contribution >= 4 is 44.7 Å². The third-order valence-corrected chi connectivity index (χ3v) is 7.15. The first-order chi connectivity index (χ1) is 14.8. The number of fused-ring (bicyclic) bond motifs is 1. The van der Waals surface area contributed by atoms with Gasteiger partial charge in [-0.05, 0) is 36.2 Å². The molecule has 31 heavy (non-hydrogen) atoms. The number of carbonyl (C=O) groups excluding carboxylic acids is 1. The van der Waals surface area contributed by atoms with E-state index < -0.39 is 10.0 Å². The highest BCUT2D eigenvalue weighted by molar-refractivity contribution is 7.90. The van der Waals surface area contributed by atoms with Crippen LogP contribution in [0.1, 0.15) is 19.8 Å². The highest BCUT2D eigenvalue weighted by atomic mass is 35.5. The fourth-order valence-electron chi connectivity index (χ4n) is 3.97. The Morgan fingerprint density at radius 1 is 1.13 bits per heavy atom. The van der Waals surface area contributed by atoms with Gasteiger partial charge in [-0.1, -0.05) is 36.7 Å². The molecule has 164 valence electrons. The Bertz CT molecular complexity index is 1110. The summed E-state index contributed by atoms with van der Waals surface area (Å²) in [5, 5.41) is 3.80. The molecule has 4 rings (SSSR count). The van der Waals surface area contributed by atoms with Gasteiger partial charge < -0.3 is 15.1 Å². The molecule has 2 aliphatic rings. The largest absolute Gasteiger partial charge is 0.368 e. The lowest BCUT2D eigenvalue weighted by Crippen LogP contribution is -2.49. The van der Waals surface area contributed by atoms with Crippen molar-refractivity contribution in [3.8, 4) is 0 Å². The quantitative estimate of drug-likeness (QED) is 0.736. The number of hydrogen-bond acceptors (Lipinski definition) is 5. The van der Waals surface area contributed by atoms with Gasteiger partial charge in [0.05, 0.1) is 5.69 Å². The zero-order valence-electron chi connectivity index (χ0n) is 17.3. The minimum atomic E-state index is -3.71.